The molecule has 1 aliphatic heterocycles. The highest BCUT2D eigenvalue weighted by atomic mass is 16.5. The Morgan fingerprint density at radius 2 is 1.77 bits per heavy atom. The molecule has 31 heavy (non-hydrogen) atoms. The topological polar surface area (TPSA) is 97.0 Å². The van der Waals surface area contributed by atoms with E-state index in [4.69, 9.17) is 9.47 Å². The van der Waals surface area contributed by atoms with Gasteiger partial charge in [0.1, 0.15) is 23.6 Å². The molecule has 0 aliphatic carbocycles. The minimum atomic E-state index is -1.19. The van der Waals surface area contributed by atoms with Crippen LogP contribution in [0.2, 0.25) is 0 Å². The van der Waals surface area contributed by atoms with Gasteiger partial charge in [-0.1, -0.05) is 37.3 Å². The second-order valence-electron chi connectivity index (χ2n) is 7.22. The Hall–Kier alpha value is -3.55. The van der Waals surface area contributed by atoms with Crippen molar-refractivity contribution < 1.29 is 23.9 Å². The summed E-state index contributed by atoms with van der Waals surface area (Å²) < 4.78 is 10.5. The fraction of sp³-hybridized carbons (Fsp3) is 0.348. The van der Waals surface area contributed by atoms with E-state index in [9.17, 15) is 14.4 Å². The number of methoxy groups -OCH3 is 2. The van der Waals surface area contributed by atoms with Crippen LogP contribution in [0.15, 0.2) is 48.5 Å². The number of urea groups is 1. The summed E-state index contributed by atoms with van der Waals surface area (Å²) in [6, 6.07) is 13.9. The van der Waals surface area contributed by atoms with Gasteiger partial charge in [0.05, 0.1) is 14.2 Å². The maximum atomic E-state index is 13.2. The average Bonchev–Trinajstić information content (AvgIpc) is 3.04. The summed E-state index contributed by atoms with van der Waals surface area (Å²) in [5.74, 6) is 0.557. The first-order chi connectivity index (χ1) is 14.9. The fourth-order valence-corrected chi connectivity index (χ4v) is 3.73. The van der Waals surface area contributed by atoms with E-state index in [1.54, 1.807) is 38.5 Å². The van der Waals surface area contributed by atoms with E-state index in [-0.39, 0.29) is 6.54 Å². The molecule has 8 nitrogen and oxygen atoms in total. The molecule has 0 aromatic heterocycles. The van der Waals surface area contributed by atoms with E-state index in [1.807, 2.05) is 31.2 Å². The predicted molar refractivity (Wildman–Crippen MR) is 115 cm³/mol. The van der Waals surface area contributed by atoms with Gasteiger partial charge in [-0.3, -0.25) is 14.5 Å². The lowest BCUT2D eigenvalue weighted by Crippen LogP contribution is -2.45. The Labute approximate surface area is 181 Å². The second-order valence-corrected chi connectivity index (χ2v) is 7.22. The highest BCUT2D eigenvalue weighted by molar-refractivity contribution is 6.09. The molecule has 2 N–H and O–H groups in total. The zero-order valence-electron chi connectivity index (χ0n) is 17.9. The van der Waals surface area contributed by atoms with Crippen LogP contribution < -0.4 is 20.1 Å². The van der Waals surface area contributed by atoms with Crippen molar-refractivity contribution in [3.05, 3.63) is 59.7 Å². The molecule has 4 amide bonds. The summed E-state index contributed by atoms with van der Waals surface area (Å²) >= 11 is 0. The molecule has 8 heteroatoms. The summed E-state index contributed by atoms with van der Waals surface area (Å²) in [6.45, 7) is 1.84. The third-order valence-electron chi connectivity index (χ3n) is 5.50. The number of nitrogens with zero attached hydrogens (tertiary/aromatic N) is 1. The highest BCUT2D eigenvalue weighted by Crippen LogP contribution is 2.33. The Balaban J connectivity index is 1.64. The molecule has 0 bridgehead atoms. The van der Waals surface area contributed by atoms with Gasteiger partial charge in [-0.15, -0.1) is 0 Å². The first-order valence-electron chi connectivity index (χ1n) is 10.1. The van der Waals surface area contributed by atoms with Crippen LogP contribution in [0.3, 0.4) is 0 Å². The molecule has 1 fully saturated rings. The number of imide groups is 1. The number of nitrogens with one attached hydrogen (secondary N) is 2. The van der Waals surface area contributed by atoms with Gasteiger partial charge in [-0.25, -0.2) is 4.79 Å². The number of rotatable bonds is 9. The molecule has 1 heterocycles. The fourth-order valence-electron chi connectivity index (χ4n) is 3.73. The van der Waals surface area contributed by atoms with Gasteiger partial charge < -0.3 is 20.1 Å². The Morgan fingerprint density at radius 1 is 1.06 bits per heavy atom. The largest absolute Gasteiger partial charge is 0.497 e. The monoisotopic (exact) mass is 425 g/mol. The highest BCUT2D eigenvalue weighted by Gasteiger charge is 2.51. The van der Waals surface area contributed by atoms with Crippen molar-refractivity contribution in [3.63, 3.8) is 0 Å². The van der Waals surface area contributed by atoms with E-state index in [0.717, 1.165) is 16.2 Å². The maximum Gasteiger partial charge on any atom is 0.325 e. The van der Waals surface area contributed by atoms with E-state index in [2.05, 4.69) is 10.6 Å². The molecule has 0 radical (unpaired) electrons. The molecular weight excluding hydrogens is 398 g/mol. The first kappa shape index (κ1) is 22.1. The van der Waals surface area contributed by atoms with Crippen molar-refractivity contribution in [2.24, 2.45) is 0 Å². The summed E-state index contributed by atoms with van der Waals surface area (Å²) in [5.41, 5.74) is 0.416. The Morgan fingerprint density at radius 3 is 2.42 bits per heavy atom. The van der Waals surface area contributed by atoms with E-state index in [0.29, 0.717) is 30.7 Å². The SMILES string of the molecule is CC[C@]1(c2ccc(OC)cc2)NC(=O)N(CC(=O)NCCc2ccccc2OC)C1=O. The van der Waals surface area contributed by atoms with E-state index >= 15 is 0 Å². The molecule has 0 saturated carbocycles. The van der Waals surface area contributed by atoms with Crippen LogP contribution in [-0.2, 0) is 21.5 Å². The average molecular weight is 425 g/mol. The molecule has 1 atom stereocenters. The third-order valence-corrected chi connectivity index (χ3v) is 5.50. The second kappa shape index (κ2) is 9.51. The van der Waals surface area contributed by atoms with Crippen molar-refractivity contribution in [2.45, 2.75) is 25.3 Å². The lowest BCUT2D eigenvalue weighted by molar-refractivity contribution is -0.135. The molecular formula is C23H27N3O5. The van der Waals surface area contributed by atoms with E-state index < -0.39 is 23.4 Å². The normalized spacial score (nSPS) is 18.0. The van der Waals surface area contributed by atoms with Gasteiger partial charge in [0.15, 0.2) is 0 Å². The minimum Gasteiger partial charge on any atom is -0.497 e. The van der Waals surface area contributed by atoms with Crippen LogP contribution in [0.25, 0.3) is 0 Å². The molecule has 1 aliphatic rings. The zero-order valence-corrected chi connectivity index (χ0v) is 17.9. The summed E-state index contributed by atoms with van der Waals surface area (Å²) in [7, 11) is 3.15. The minimum absolute atomic E-state index is 0.339. The van der Waals surface area contributed by atoms with Crippen LogP contribution in [0.4, 0.5) is 4.79 Å². The van der Waals surface area contributed by atoms with Crippen molar-refractivity contribution in [1.29, 1.82) is 0 Å². The maximum absolute atomic E-state index is 13.2. The molecule has 164 valence electrons. The summed E-state index contributed by atoms with van der Waals surface area (Å²) in [4.78, 5) is 39.1. The van der Waals surface area contributed by atoms with Gasteiger partial charge in [-0.2, -0.15) is 0 Å². The van der Waals surface area contributed by atoms with Crippen molar-refractivity contribution >= 4 is 17.8 Å². The first-order valence-corrected chi connectivity index (χ1v) is 10.1. The van der Waals surface area contributed by atoms with Gasteiger partial charge in [0.25, 0.3) is 5.91 Å². The quantitative estimate of drug-likeness (QED) is 0.601. The Bertz CT molecular complexity index is 960. The molecule has 3 rings (SSSR count). The van der Waals surface area contributed by atoms with Crippen molar-refractivity contribution in [1.82, 2.24) is 15.5 Å². The Kier molecular flexibility index (Phi) is 6.79. The summed E-state index contributed by atoms with van der Waals surface area (Å²) in [5, 5.41) is 5.54. The molecule has 0 unspecified atom stereocenters. The third kappa shape index (κ3) is 4.47. The number of hydrogen-bond donors (Lipinski definition) is 2. The number of amides is 4. The molecule has 0 spiro atoms. The molecule has 1 saturated heterocycles. The number of carbonyl (C=O) groups excluding carboxylic acids is 3. The lowest BCUT2D eigenvalue weighted by Gasteiger charge is -2.26. The van der Waals surface area contributed by atoms with Crippen molar-refractivity contribution in [3.8, 4) is 11.5 Å². The number of para-hydroxylation sites is 1. The number of hydrogen-bond acceptors (Lipinski definition) is 5. The van der Waals surface area contributed by atoms with Gasteiger partial charge in [-0.05, 0) is 42.2 Å². The summed E-state index contributed by atoms with van der Waals surface area (Å²) in [6.07, 6.45) is 0.927. The number of benzene rings is 2. The van der Waals surface area contributed by atoms with Crippen LogP contribution in [0, 0.1) is 0 Å². The van der Waals surface area contributed by atoms with Crippen LogP contribution in [0.1, 0.15) is 24.5 Å². The van der Waals surface area contributed by atoms with Gasteiger partial charge >= 0.3 is 6.03 Å². The van der Waals surface area contributed by atoms with Gasteiger partial charge in [0.2, 0.25) is 5.91 Å². The molecule has 2 aromatic carbocycles. The van der Waals surface area contributed by atoms with Crippen LogP contribution in [-0.4, -0.2) is 50.1 Å². The zero-order chi connectivity index (χ0) is 22.4. The van der Waals surface area contributed by atoms with Crippen LogP contribution in [0.5, 0.6) is 11.5 Å². The molecule has 2 aromatic rings. The van der Waals surface area contributed by atoms with E-state index in [1.165, 1.54) is 0 Å². The lowest BCUT2D eigenvalue weighted by atomic mass is 9.87. The van der Waals surface area contributed by atoms with Crippen LogP contribution >= 0.6 is 0 Å². The standard InChI is InChI=1S/C23H27N3O5/c1-4-23(17-9-11-18(30-2)12-10-17)21(28)26(22(29)25-23)15-20(27)24-14-13-16-7-5-6-8-19(16)31-3/h5-12H,4,13-15H2,1-3H3,(H,24,27)(H,25,29)/t23-/m1/s1. The van der Waals surface area contributed by atoms with Gasteiger partial charge in [0, 0.05) is 6.54 Å². The predicted octanol–water partition coefficient (Wildman–Crippen LogP) is 2.22. The number of ether oxygens (including phenoxy) is 2. The number of carbonyl (C=O) groups is 3. The smallest absolute Gasteiger partial charge is 0.325 e. The van der Waals surface area contributed by atoms with Crippen molar-refractivity contribution in [2.75, 3.05) is 27.3 Å².